The van der Waals surface area contributed by atoms with E-state index in [4.69, 9.17) is 0 Å². The minimum Gasteiger partial charge on any atom is -0.396 e. The second-order valence-electron chi connectivity index (χ2n) is 5.56. The van der Waals surface area contributed by atoms with E-state index in [0.717, 1.165) is 25.7 Å². The maximum absolute atomic E-state index is 9.48. The van der Waals surface area contributed by atoms with E-state index >= 15 is 0 Å². The predicted molar refractivity (Wildman–Crippen MR) is 69.4 cm³/mol. The molecule has 2 heteroatoms. The van der Waals surface area contributed by atoms with Crippen molar-refractivity contribution in [1.29, 1.82) is 0 Å². The monoisotopic (exact) mass is 230 g/mol. The molecule has 0 aliphatic rings. The van der Waals surface area contributed by atoms with Crippen LogP contribution in [0, 0.1) is 11.3 Å². The van der Waals surface area contributed by atoms with Crippen molar-refractivity contribution in [3.05, 3.63) is 0 Å². The van der Waals surface area contributed by atoms with Gasteiger partial charge in [0.1, 0.15) is 0 Å². The standard InChI is InChI=1S/C14H30O2/c1-4-5-6-9-14(11-15,12-16)10-7-8-13(2)3/h13,15-16H,4-12H2,1-3H3. The van der Waals surface area contributed by atoms with Gasteiger partial charge in [-0.1, -0.05) is 52.9 Å². The fourth-order valence-electron chi connectivity index (χ4n) is 2.13. The molecule has 0 saturated heterocycles. The van der Waals surface area contributed by atoms with Crippen molar-refractivity contribution in [3.8, 4) is 0 Å². The van der Waals surface area contributed by atoms with Crippen molar-refractivity contribution < 1.29 is 10.2 Å². The van der Waals surface area contributed by atoms with Crippen molar-refractivity contribution in [2.24, 2.45) is 11.3 Å². The van der Waals surface area contributed by atoms with Crippen molar-refractivity contribution in [3.63, 3.8) is 0 Å². The van der Waals surface area contributed by atoms with Crippen LogP contribution in [0.25, 0.3) is 0 Å². The first-order chi connectivity index (χ1) is 7.60. The van der Waals surface area contributed by atoms with Gasteiger partial charge >= 0.3 is 0 Å². The fourth-order valence-corrected chi connectivity index (χ4v) is 2.13. The highest BCUT2D eigenvalue weighted by Gasteiger charge is 2.27. The third kappa shape index (κ3) is 6.49. The molecule has 0 saturated carbocycles. The average molecular weight is 230 g/mol. The van der Waals surface area contributed by atoms with Crippen LogP contribution < -0.4 is 0 Å². The van der Waals surface area contributed by atoms with Gasteiger partial charge in [-0.05, 0) is 18.8 Å². The van der Waals surface area contributed by atoms with Crippen LogP contribution in [0.15, 0.2) is 0 Å². The summed E-state index contributed by atoms with van der Waals surface area (Å²) < 4.78 is 0. The van der Waals surface area contributed by atoms with E-state index in [0.29, 0.717) is 5.92 Å². The molecule has 0 unspecified atom stereocenters. The summed E-state index contributed by atoms with van der Waals surface area (Å²) in [5.74, 6) is 0.714. The molecule has 0 aromatic rings. The molecule has 0 amide bonds. The van der Waals surface area contributed by atoms with E-state index in [1.165, 1.54) is 19.3 Å². The molecule has 2 nitrogen and oxygen atoms in total. The van der Waals surface area contributed by atoms with Gasteiger partial charge < -0.3 is 10.2 Å². The highest BCUT2D eigenvalue weighted by Crippen LogP contribution is 2.31. The van der Waals surface area contributed by atoms with Crippen LogP contribution in [0.3, 0.4) is 0 Å². The molecule has 16 heavy (non-hydrogen) atoms. The summed E-state index contributed by atoms with van der Waals surface area (Å²) in [4.78, 5) is 0. The molecule has 98 valence electrons. The van der Waals surface area contributed by atoms with E-state index in [1.807, 2.05) is 0 Å². The van der Waals surface area contributed by atoms with Gasteiger partial charge in [-0.25, -0.2) is 0 Å². The van der Waals surface area contributed by atoms with Gasteiger partial charge in [-0.2, -0.15) is 0 Å². The lowest BCUT2D eigenvalue weighted by Gasteiger charge is -2.30. The third-order valence-electron chi connectivity index (χ3n) is 3.47. The molecule has 0 bridgehead atoms. The Labute approximate surface area is 101 Å². The van der Waals surface area contributed by atoms with Gasteiger partial charge in [0.05, 0.1) is 13.2 Å². The Hall–Kier alpha value is -0.0800. The van der Waals surface area contributed by atoms with Crippen molar-refractivity contribution in [2.75, 3.05) is 13.2 Å². The highest BCUT2D eigenvalue weighted by atomic mass is 16.3. The molecule has 0 aromatic heterocycles. The lowest BCUT2D eigenvalue weighted by Crippen LogP contribution is -2.30. The molecular weight excluding hydrogens is 200 g/mol. The van der Waals surface area contributed by atoms with Gasteiger partial charge in [0.2, 0.25) is 0 Å². The average Bonchev–Trinajstić information content (AvgIpc) is 2.27. The van der Waals surface area contributed by atoms with Gasteiger partial charge in [0.15, 0.2) is 0 Å². The summed E-state index contributed by atoms with van der Waals surface area (Å²) in [5, 5.41) is 19.0. The summed E-state index contributed by atoms with van der Waals surface area (Å²) in [6.45, 7) is 6.88. The van der Waals surface area contributed by atoms with E-state index < -0.39 is 0 Å². The molecule has 0 rings (SSSR count). The SMILES string of the molecule is CCCCCC(CO)(CO)CCCC(C)C. The Morgan fingerprint density at radius 1 is 0.938 bits per heavy atom. The molecule has 0 aliphatic carbocycles. The first-order valence-corrected chi connectivity index (χ1v) is 6.82. The topological polar surface area (TPSA) is 40.5 Å². The molecule has 0 radical (unpaired) electrons. The normalized spacial score (nSPS) is 12.4. The molecule has 0 aliphatic heterocycles. The minimum atomic E-state index is -0.218. The fraction of sp³-hybridized carbons (Fsp3) is 1.00. The number of hydrogen-bond acceptors (Lipinski definition) is 2. The van der Waals surface area contributed by atoms with Gasteiger partial charge in [-0.3, -0.25) is 0 Å². The second kappa shape index (κ2) is 9.00. The highest BCUT2D eigenvalue weighted by molar-refractivity contribution is 4.78. The summed E-state index contributed by atoms with van der Waals surface area (Å²) in [6, 6.07) is 0. The van der Waals surface area contributed by atoms with Crippen molar-refractivity contribution in [2.45, 2.75) is 65.7 Å². The number of unbranched alkanes of at least 4 members (excludes halogenated alkanes) is 2. The van der Waals surface area contributed by atoms with Crippen LogP contribution in [-0.4, -0.2) is 23.4 Å². The van der Waals surface area contributed by atoms with Crippen LogP contribution in [0.1, 0.15) is 65.7 Å². The first-order valence-electron chi connectivity index (χ1n) is 6.82. The lowest BCUT2D eigenvalue weighted by atomic mass is 9.79. The largest absolute Gasteiger partial charge is 0.396 e. The van der Waals surface area contributed by atoms with Crippen LogP contribution in [0.2, 0.25) is 0 Å². The minimum absolute atomic E-state index is 0.130. The quantitative estimate of drug-likeness (QED) is 0.565. The maximum Gasteiger partial charge on any atom is 0.0509 e. The Kier molecular flexibility index (Phi) is 8.96. The van der Waals surface area contributed by atoms with E-state index in [-0.39, 0.29) is 18.6 Å². The van der Waals surface area contributed by atoms with E-state index in [1.54, 1.807) is 0 Å². The zero-order chi connectivity index (χ0) is 12.4. The van der Waals surface area contributed by atoms with Gasteiger partial charge in [-0.15, -0.1) is 0 Å². The zero-order valence-electron chi connectivity index (χ0n) is 11.3. The molecule has 0 heterocycles. The number of hydrogen-bond donors (Lipinski definition) is 2. The van der Waals surface area contributed by atoms with Gasteiger partial charge in [0.25, 0.3) is 0 Å². The summed E-state index contributed by atoms with van der Waals surface area (Å²) in [7, 11) is 0. The zero-order valence-corrected chi connectivity index (χ0v) is 11.3. The maximum atomic E-state index is 9.48. The smallest absolute Gasteiger partial charge is 0.0509 e. The number of aliphatic hydroxyl groups is 2. The number of rotatable bonds is 10. The Balaban J connectivity index is 3.99. The molecule has 0 fully saturated rings. The predicted octanol–water partition coefficient (Wildman–Crippen LogP) is 3.36. The van der Waals surface area contributed by atoms with Crippen LogP contribution in [-0.2, 0) is 0 Å². The Bertz CT molecular complexity index is 151. The molecular formula is C14H30O2. The van der Waals surface area contributed by atoms with Gasteiger partial charge in [0, 0.05) is 5.41 Å². The third-order valence-corrected chi connectivity index (χ3v) is 3.47. The Morgan fingerprint density at radius 3 is 1.94 bits per heavy atom. The molecule has 0 atom stereocenters. The van der Waals surface area contributed by atoms with Crippen LogP contribution in [0.5, 0.6) is 0 Å². The van der Waals surface area contributed by atoms with Crippen molar-refractivity contribution >= 4 is 0 Å². The van der Waals surface area contributed by atoms with E-state index in [2.05, 4.69) is 20.8 Å². The van der Waals surface area contributed by atoms with Crippen LogP contribution >= 0.6 is 0 Å². The number of aliphatic hydroxyl groups excluding tert-OH is 2. The molecule has 2 N–H and O–H groups in total. The first kappa shape index (κ1) is 15.9. The Morgan fingerprint density at radius 2 is 1.50 bits per heavy atom. The van der Waals surface area contributed by atoms with Crippen molar-refractivity contribution in [1.82, 2.24) is 0 Å². The second-order valence-corrected chi connectivity index (χ2v) is 5.56. The van der Waals surface area contributed by atoms with E-state index in [9.17, 15) is 10.2 Å². The summed E-state index contributed by atoms with van der Waals surface area (Å²) in [5.41, 5.74) is -0.218. The molecule has 0 spiro atoms. The summed E-state index contributed by atoms with van der Waals surface area (Å²) >= 11 is 0. The lowest BCUT2D eigenvalue weighted by molar-refractivity contribution is 0.0348. The van der Waals surface area contributed by atoms with Crippen LogP contribution in [0.4, 0.5) is 0 Å². The molecule has 0 aromatic carbocycles. The summed E-state index contributed by atoms with van der Waals surface area (Å²) in [6.07, 6.45) is 7.75.